The second kappa shape index (κ2) is 9.10. The molecule has 0 aromatic heterocycles. The van der Waals surface area contributed by atoms with Crippen LogP contribution in [0.3, 0.4) is 0 Å². The van der Waals surface area contributed by atoms with Gasteiger partial charge in [-0.25, -0.2) is 0 Å². The number of rotatable bonds is 8. The van der Waals surface area contributed by atoms with E-state index in [-0.39, 0.29) is 28.7 Å². The molecule has 3 aliphatic heterocycles. The van der Waals surface area contributed by atoms with Crippen LogP contribution in [0.15, 0.2) is 24.3 Å². The molecule has 0 amide bonds. The average Bonchev–Trinajstić information content (AvgIpc) is 3.56. The average molecular weight is 464 g/mol. The van der Waals surface area contributed by atoms with Gasteiger partial charge in [-0.3, -0.25) is 4.84 Å². The summed E-state index contributed by atoms with van der Waals surface area (Å²) in [5.41, 5.74) is 0.437. The van der Waals surface area contributed by atoms with Gasteiger partial charge in [-0.2, -0.15) is 5.06 Å². The summed E-state index contributed by atoms with van der Waals surface area (Å²) in [5.74, 6) is 0.252. The smallest absolute Gasteiger partial charge is 0.171 e. The highest BCUT2D eigenvalue weighted by molar-refractivity contribution is 5.28. The highest BCUT2D eigenvalue weighted by Crippen LogP contribution is 2.49. The van der Waals surface area contributed by atoms with Crippen molar-refractivity contribution in [3.63, 3.8) is 0 Å². The number of ether oxygens (including phenoxy) is 5. The van der Waals surface area contributed by atoms with Gasteiger partial charge in [-0.05, 0) is 52.3 Å². The van der Waals surface area contributed by atoms with Crippen molar-refractivity contribution < 1.29 is 28.5 Å². The number of epoxide rings is 1. The van der Waals surface area contributed by atoms with Crippen LogP contribution in [0.2, 0.25) is 0 Å². The van der Waals surface area contributed by atoms with Crippen molar-refractivity contribution in [2.24, 2.45) is 5.41 Å². The first kappa shape index (κ1) is 24.9. The Hall–Kier alpha value is -1.22. The molecule has 1 aromatic rings. The van der Waals surface area contributed by atoms with Crippen LogP contribution in [-0.4, -0.2) is 68.2 Å². The number of hydrogen-bond donors (Lipinski definition) is 0. The Morgan fingerprint density at radius 2 is 1.58 bits per heavy atom. The standard InChI is InChI=1S/C26H41NO6/c1-19(20-8-10-21(11-9-20)29-12-22-13-30-22)33-27-23(2,3)14-26(15-24(27,4)5)31-17-25(6,16-28-7)18-32-26/h8-11,19,22H,12-18H2,1-7H3. The minimum atomic E-state index is -0.604. The largest absolute Gasteiger partial charge is 0.491 e. The molecule has 0 radical (unpaired) electrons. The van der Waals surface area contributed by atoms with E-state index in [1.54, 1.807) is 7.11 Å². The van der Waals surface area contributed by atoms with Gasteiger partial charge in [-0.15, -0.1) is 0 Å². The van der Waals surface area contributed by atoms with Crippen molar-refractivity contribution in [2.75, 3.05) is 40.1 Å². The fourth-order valence-electron chi connectivity index (χ4n) is 5.37. The molecule has 4 rings (SSSR count). The van der Waals surface area contributed by atoms with E-state index in [4.69, 9.17) is 28.5 Å². The van der Waals surface area contributed by atoms with Gasteiger partial charge < -0.3 is 23.7 Å². The van der Waals surface area contributed by atoms with Gasteiger partial charge in [0.05, 0.1) is 26.4 Å². The van der Waals surface area contributed by atoms with Crippen LogP contribution in [-0.2, 0) is 23.8 Å². The van der Waals surface area contributed by atoms with Crippen LogP contribution in [0.25, 0.3) is 0 Å². The fourth-order valence-corrected chi connectivity index (χ4v) is 5.37. The number of nitrogens with zero attached hydrogens (tertiary/aromatic N) is 1. The maximum absolute atomic E-state index is 6.61. The molecular formula is C26H41NO6. The van der Waals surface area contributed by atoms with E-state index in [0.717, 1.165) is 30.8 Å². The third kappa shape index (κ3) is 5.72. The van der Waals surface area contributed by atoms with Crippen LogP contribution in [0.4, 0.5) is 0 Å². The first-order valence-corrected chi connectivity index (χ1v) is 12.0. The van der Waals surface area contributed by atoms with Crippen LogP contribution in [0.1, 0.15) is 66.1 Å². The molecule has 3 saturated heterocycles. The highest BCUT2D eigenvalue weighted by atomic mass is 16.7. The van der Waals surface area contributed by atoms with Crippen molar-refractivity contribution in [3.05, 3.63) is 29.8 Å². The third-order valence-corrected chi connectivity index (χ3v) is 6.81. The van der Waals surface area contributed by atoms with Gasteiger partial charge in [0.15, 0.2) is 5.79 Å². The number of hydroxylamine groups is 2. The molecular weight excluding hydrogens is 422 g/mol. The molecule has 1 aromatic carbocycles. The Bertz CT molecular complexity index is 776. The van der Waals surface area contributed by atoms with Gasteiger partial charge >= 0.3 is 0 Å². The summed E-state index contributed by atoms with van der Waals surface area (Å²) in [6, 6.07) is 8.14. The summed E-state index contributed by atoms with van der Waals surface area (Å²) in [7, 11) is 1.72. The van der Waals surface area contributed by atoms with E-state index in [2.05, 4.69) is 58.7 Å². The van der Waals surface area contributed by atoms with Crippen molar-refractivity contribution in [3.8, 4) is 5.75 Å². The Morgan fingerprint density at radius 3 is 2.09 bits per heavy atom. The summed E-state index contributed by atoms with van der Waals surface area (Å²) in [6.07, 6.45) is 1.62. The van der Waals surface area contributed by atoms with Gasteiger partial charge in [0.2, 0.25) is 0 Å². The Morgan fingerprint density at radius 1 is 1.00 bits per heavy atom. The predicted octanol–water partition coefficient (Wildman–Crippen LogP) is 4.51. The summed E-state index contributed by atoms with van der Waals surface area (Å²) < 4.78 is 29.2. The molecule has 7 nitrogen and oxygen atoms in total. The van der Waals surface area contributed by atoms with E-state index >= 15 is 0 Å². The van der Waals surface area contributed by atoms with E-state index < -0.39 is 5.79 Å². The molecule has 3 heterocycles. The summed E-state index contributed by atoms with van der Waals surface area (Å²) in [4.78, 5) is 6.61. The lowest BCUT2D eigenvalue weighted by Gasteiger charge is -2.59. The Kier molecular flexibility index (Phi) is 6.86. The molecule has 33 heavy (non-hydrogen) atoms. The van der Waals surface area contributed by atoms with Crippen LogP contribution in [0, 0.1) is 5.41 Å². The van der Waals surface area contributed by atoms with E-state index in [1.807, 2.05) is 12.1 Å². The molecule has 1 spiro atoms. The zero-order valence-electron chi connectivity index (χ0n) is 21.3. The molecule has 2 atom stereocenters. The van der Waals surface area contributed by atoms with Gasteiger partial charge in [0.25, 0.3) is 0 Å². The van der Waals surface area contributed by atoms with Crippen LogP contribution in [0.5, 0.6) is 5.75 Å². The molecule has 7 heteroatoms. The lowest BCUT2D eigenvalue weighted by Crippen LogP contribution is -2.68. The minimum Gasteiger partial charge on any atom is -0.491 e. The van der Waals surface area contributed by atoms with E-state index in [0.29, 0.717) is 26.4 Å². The molecule has 0 saturated carbocycles. The normalized spacial score (nSPS) is 28.4. The highest BCUT2D eigenvalue weighted by Gasteiger charge is 2.57. The zero-order valence-corrected chi connectivity index (χ0v) is 21.3. The minimum absolute atomic E-state index is 0.100. The number of methoxy groups -OCH3 is 1. The number of piperidine rings is 1. The first-order valence-electron chi connectivity index (χ1n) is 12.0. The van der Waals surface area contributed by atoms with Crippen molar-refractivity contribution in [2.45, 2.75) is 83.5 Å². The fraction of sp³-hybridized carbons (Fsp3) is 0.769. The number of hydrogen-bond acceptors (Lipinski definition) is 7. The summed E-state index contributed by atoms with van der Waals surface area (Å²) in [5, 5.41) is 2.15. The quantitative estimate of drug-likeness (QED) is 0.526. The molecule has 0 aliphatic carbocycles. The predicted molar refractivity (Wildman–Crippen MR) is 125 cm³/mol. The topological polar surface area (TPSA) is 61.9 Å². The van der Waals surface area contributed by atoms with E-state index in [1.165, 1.54) is 0 Å². The summed E-state index contributed by atoms with van der Waals surface area (Å²) in [6.45, 7) is 16.3. The second-order valence-corrected chi connectivity index (χ2v) is 11.6. The maximum atomic E-state index is 6.61. The Balaban J connectivity index is 1.41. The van der Waals surface area contributed by atoms with Gasteiger partial charge in [0.1, 0.15) is 24.6 Å². The third-order valence-electron chi connectivity index (χ3n) is 6.81. The van der Waals surface area contributed by atoms with Crippen molar-refractivity contribution in [1.82, 2.24) is 5.06 Å². The molecule has 2 unspecified atom stereocenters. The van der Waals surface area contributed by atoms with E-state index in [9.17, 15) is 0 Å². The van der Waals surface area contributed by atoms with Crippen molar-refractivity contribution >= 4 is 0 Å². The lowest BCUT2D eigenvalue weighted by molar-refractivity contribution is -0.390. The monoisotopic (exact) mass is 463 g/mol. The zero-order chi connectivity index (χ0) is 23.9. The maximum Gasteiger partial charge on any atom is 0.171 e. The van der Waals surface area contributed by atoms with Gasteiger partial charge in [0, 0.05) is 36.4 Å². The second-order valence-electron chi connectivity index (χ2n) is 11.6. The SMILES string of the molecule is COCC1(C)COC2(CC(C)(C)N(OC(C)c3ccc(OCC4CO4)cc3)C(C)(C)C2)OC1. The lowest BCUT2D eigenvalue weighted by atomic mass is 9.77. The van der Waals surface area contributed by atoms with Crippen LogP contribution < -0.4 is 4.74 Å². The summed E-state index contributed by atoms with van der Waals surface area (Å²) >= 11 is 0. The molecule has 0 bridgehead atoms. The number of benzene rings is 1. The molecule has 3 fully saturated rings. The molecule has 0 N–H and O–H groups in total. The van der Waals surface area contributed by atoms with Crippen molar-refractivity contribution in [1.29, 1.82) is 0 Å². The molecule has 3 aliphatic rings. The Labute approximate surface area is 198 Å². The molecule has 186 valence electrons. The first-order chi connectivity index (χ1) is 15.5. The van der Waals surface area contributed by atoms with Gasteiger partial charge in [-0.1, -0.05) is 19.1 Å². The van der Waals surface area contributed by atoms with Crippen LogP contribution >= 0.6 is 0 Å².